The molecule has 1 atom stereocenters. The number of thiazole rings is 1. The van der Waals surface area contributed by atoms with Crippen molar-refractivity contribution in [2.75, 3.05) is 0 Å². The highest BCUT2D eigenvalue weighted by molar-refractivity contribution is 7.09. The van der Waals surface area contributed by atoms with Crippen LogP contribution in [0.3, 0.4) is 0 Å². The second kappa shape index (κ2) is 5.60. The van der Waals surface area contributed by atoms with E-state index in [1.54, 1.807) is 0 Å². The van der Waals surface area contributed by atoms with Crippen molar-refractivity contribution in [3.05, 3.63) is 16.1 Å². The fraction of sp³-hybridized carbons (Fsp3) is 0.733. The van der Waals surface area contributed by atoms with Crippen molar-refractivity contribution >= 4 is 11.3 Å². The quantitative estimate of drug-likeness (QED) is 0.914. The number of aliphatic hydroxyl groups excluding tert-OH is 1. The lowest BCUT2D eigenvalue weighted by Gasteiger charge is -2.38. The molecule has 1 fully saturated rings. The number of rotatable bonds is 3. The van der Waals surface area contributed by atoms with E-state index in [9.17, 15) is 10.4 Å². The van der Waals surface area contributed by atoms with Crippen molar-refractivity contribution in [2.24, 2.45) is 17.3 Å². The van der Waals surface area contributed by atoms with E-state index in [0.29, 0.717) is 16.8 Å². The van der Waals surface area contributed by atoms with Gasteiger partial charge in [0.05, 0.1) is 11.5 Å². The summed E-state index contributed by atoms with van der Waals surface area (Å²) in [5, 5.41) is 22.8. The molecule has 1 saturated carbocycles. The van der Waals surface area contributed by atoms with Crippen LogP contribution in [-0.4, -0.2) is 10.1 Å². The molecular weight excluding hydrogens is 256 g/mol. The number of hydrogen-bond donors (Lipinski definition) is 1. The summed E-state index contributed by atoms with van der Waals surface area (Å²) in [4.78, 5) is 4.35. The lowest BCUT2D eigenvalue weighted by atomic mass is 9.66. The summed E-state index contributed by atoms with van der Waals surface area (Å²) in [7, 11) is 0. The summed E-state index contributed by atoms with van der Waals surface area (Å²) < 4.78 is 0. The Bertz CT molecular complexity index is 467. The second-order valence-corrected chi connectivity index (χ2v) is 6.97. The van der Waals surface area contributed by atoms with Gasteiger partial charge in [-0.05, 0) is 44.4 Å². The predicted molar refractivity (Wildman–Crippen MR) is 76.7 cm³/mol. The Kier molecular flexibility index (Phi) is 4.27. The largest absolute Gasteiger partial charge is 0.384 e. The van der Waals surface area contributed by atoms with E-state index in [2.05, 4.69) is 24.9 Å². The average Bonchev–Trinajstić information content (AvgIpc) is 2.84. The Labute approximate surface area is 119 Å². The summed E-state index contributed by atoms with van der Waals surface area (Å²) in [6.45, 7) is 6.40. The van der Waals surface area contributed by atoms with Crippen LogP contribution < -0.4 is 0 Å². The summed E-state index contributed by atoms with van der Waals surface area (Å²) in [6, 6.07) is 2.40. The molecule has 1 aromatic heterocycles. The van der Waals surface area contributed by atoms with Gasteiger partial charge in [-0.25, -0.2) is 4.98 Å². The van der Waals surface area contributed by atoms with Crippen molar-refractivity contribution in [1.82, 2.24) is 4.98 Å². The zero-order chi connectivity index (χ0) is 14.0. The lowest BCUT2D eigenvalue weighted by Crippen LogP contribution is -2.33. The molecule has 1 aromatic rings. The van der Waals surface area contributed by atoms with E-state index in [1.807, 2.05) is 12.3 Å². The third kappa shape index (κ3) is 2.82. The van der Waals surface area contributed by atoms with Crippen LogP contribution in [-0.2, 0) is 0 Å². The molecule has 0 spiro atoms. The number of aliphatic hydroxyl groups is 1. The van der Waals surface area contributed by atoms with Crippen LogP contribution >= 0.6 is 11.3 Å². The van der Waals surface area contributed by atoms with E-state index in [4.69, 9.17) is 0 Å². The minimum atomic E-state index is -0.732. The van der Waals surface area contributed by atoms with Crippen molar-refractivity contribution in [3.8, 4) is 6.07 Å². The van der Waals surface area contributed by atoms with Crippen LogP contribution in [0.1, 0.15) is 56.3 Å². The number of nitrogens with zero attached hydrogens (tertiary/aromatic N) is 2. The first kappa shape index (κ1) is 14.5. The smallest absolute Gasteiger partial charge is 0.124 e. The van der Waals surface area contributed by atoms with Crippen LogP contribution in [0.2, 0.25) is 0 Å². The number of nitriles is 1. The third-order valence-electron chi connectivity index (χ3n) is 4.48. The molecular formula is C15H22N2OS. The van der Waals surface area contributed by atoms with E-state index in [0.717, 1.165) is 31.4 Å². The topological polar surface area (TPSA) is 56.9 Å². The highest BCUT2D eigenvalue weighted by atomic mass is 32.1. The highest BCUT2D eigenvalue weighted by Gasteiger charge is 2.44. The van der Waals surface area contributed by atoms with Gasteiger partial charge >= 0.3 is 0 Å². The van der Waals surface area contributed by atoms with Crippen molar-refractivity contribution in [2.45, 2.75) is 52.6 Å². The number of aryl methyl sites for hydroxylation is 1. The van der Waals surface area contributed by atoms with Crippen molar-refractivity contribution in [3.63, 3.8) is 0 Å². The Balaban J connectivity index is 2.14. The summed E-state index contributed by atoms with van der Waals surface area (Å²) in [5.41, 5.74) is 0.290. The van der Waals surface area contributed by atoms with E-state index >= 15 is 0 Å². The molecule has 4 heteroatoms. The minimum Gasteiger partial charge on any atom is -0.384 e. The first-order valence-corrected chi connectivity index (χ1v) is 7.88. The Morgan fingerprint density at radius 2 is 2.11 bits per heavy atom. The maximum absolute atomic E-state index is 10.6. The molecule has 104 valence electrons. The van der Waals surface area contributed by atoms with Crippen LogP contribution in [0.4, 0.5) is 0 Å². The van der Waals surface area contributed by atoms with Gasteiger partial charge in [-0.15, -0.1) is 11.3 Å². The zero-order valence-electron chi connectivity index (χ0n) is 11.9. The molecule has 3 nitrogen and oxygen atoms in total. The molecule has 0 amide bonds. The van der Waals surface area contributed by atoms with Gasteiger partial charge < -0.3 is 5.11 Å². The normalized spacial score (nSPS) is 29.2. The molecule has 0 aliphatic heterocycles. The van der Waals surface area contributed by atoms with E-state index in [-0.39, 0.29) is 0 Å². The van der Waals surface area contributed by atoms with Gasteiger partial charge in [0.1, 0.15) is 11.1 Å². The molecule has 0 aromatic carbocycles. The zero-order valence-corrected chi connectivity index (χ0v) is 12.7. The maximum atomic E-state index is 10.6. The minimum absolute atomic E-state index is 0.629. The van der Waals surface area contributed by atoms with Crippen LogP contribution in [0, 0.1) is 35.5 Å². The lowest BCUT2D eigenvalue weighted by molar-refractivity contribution is 0.0188. The van der Waals surface area contributed by atoms with Crippen molar-refractivity contribution in [1.29, 1.82) is 5.26 Å². The van der Waals surface area contributed by atoms with Gasteiger partial charge in [-0.2, -0.15) is 5.26 Å². The molecule has 0 bridgehead atoms. The average molecular weight is 278 g/mol. The maximum Gasteiger partial charge on any atom is 0.124 e. The molecule has 1 N–H and O–H groups in total. The molecule has 1 unspecified atom stereocenters. The number of hydrogen-bond acceptors (Lipinski definition) is 4. The van der Waals surface area contributed by atoms with Crippen molar-refractivity contribution < 1.29 is 5.11 Å². The van der Waals surface area contributed by atoms with Crippen LogP contribution in [0.25, 0.3) is 0 Å². The molecule has 2 rings (SSSR count). The second-order valence-electron chi connectivity index (χ2n) is 6.08. The van der Waals surface area contributed by atoms with Gasteiger partial charge in [0.2, 0.25) is 0 Å². The van der Waals surface area contributed by atoms with E-state index < -0.39 is 11.5 Å². The van der Waals surface area contributed by atoms with Gasteiger partial charge in [-0.3, -0.25) is 0 Å². The van der Waals surface area contributed by atoms with Crippen LogP contribution in [0.5, 0.6) is 0 Å². The van der Waals surface area contributed by atoms with Crippen LogP contribution in [0.15, 0.2) is 5.38 Å². The highest BCUT2D eigenvalue weighted by Crippen LogP contribution is 2.48. The number of aromatic nitrogens is 1. The van der Waals surface area contributed by atoms with Gasteiger partial charge in [0.25, 0.3) is 0 Å². The van der Waals surface area contributed by atoms with Gasteiger partial charge in [-0.1, -0.05) is 13.8 Å². The molecule has 19 heavy (non-hydrogen) atoms. The third-order valence-corrected chi connectivity index (χ3v) is 5.50. The SMILES string of the molecule is Cc1csc(C(O)C2(C#N)CCC(C(C)C)CC2)n1. The standard InChI is InChI=1S/C15H22N2OS/c1-10(2)12-4-6-15(9-16,7-5-12)13(18)14-17-11(3)8-19-14/h8,10,12-13,18H,4-7H2,1-3H3. The van der Waals surface area contributed by atoms with Gasteiger partial charge in [0.15, 0.2) is 0 Å². The Morgan fingerprint density at radius 1 is 1.47 bits per heavy atom. The fourth-order valence-electron chi connectivity index (χ4n) is 3.00. The summed E-state index contributed by atoms with van der Waals surface area (Å²) in [6.07, 6.45) is 2.90. The Morgan fingerprint density at radius 3 is 2.53 bits per heavy atom. The van der Waals surface area contributed by atoms with Gasteiger partial charge in [0, 0.05) is 11.1 Å². The molecule has 0 saturated heterocycles. The summed E-state index contributed by atoms with van der Waals surface area (Å²) >= 11 is 1.46. The molecule has 1 heterocycles. The monoisotopic (exact) mass is 278 g/mol. The predicted octanol–water partition coefficient (Wildman–Crippen LogP) is 3.84. The molecule has 1 aliphatic carbocycles. The Hall–Kier alpha value is -0.920. The molecule has 0 radical (unpaired) electrons. The van der Waals surface area contributed by atoms with E-state index in [1.165, 1.54) is 11.3 Å². The fourth-order valence-corrected chi connectivity index (χ4v) is 3.90. The summed E-state index contributed by atoms with van der Waals surface area (Å²) in [5.74, 6) is 1.35. The molecule has 1 aliphatic rings. The first-order chi connectivity index (χ1) is 8.98. The first-order valence-electron chi connectivity index (χ1n) is 7.00.